The van der Waals surface area contributed by atoms with Crippen LogP contribution in [0.25, 0.3) is 0 Å². The lowest BCUT2D eigenvalue weighted by molar-refractivity contribution is 0.0643. The number of hydrogen-bond donors (Lipinski definition) is 2. The van der Waals surface area contributed by atoms with Crippen LogP contribution in [-0.2, 0) is 19.3 Å². The van der Waals surface area contributed by atoms with E-state index in [0.717, 1.165) is 62.9 Å². The lowest BCUT2D eigenvalue weighted by Gasteiger charge is -2.40. The number of aromatic amines is 1. The van der Waals surface area contributed by atoms with Crippen LogP contribution in [0.15, 0.2) is 24.3 Å². The maximum absolute atomic E-state index is 13.4. The predicted octanol–water partition coefficient (Wildman–Crippen LogP) is 4.22. The first kappa shape index (κ1) is 20.0. The van der Waals surface area contributed by atoms with E-state index in [1.807, 2.05) is 0 Å². The minimum absolute atomic E-state index is 0.120. The number of benzene rings is 1. The van der Waals surface area contributed by atoms with E-state index in [0.29, 0.717) is 18.1 Å². The summed E-state index contributed by atoms with van der Waals surface area (Å²) in [5.41, 5.74) is 5.66. The van der Waals surface area contributed by atoms with Crippen molar-refractivity contribution in [2.45, 2.75) is 57.5 Å². The van der Waals surface area contributed by atoms with Gasteiger partial charge in [-0.1, -0.05) is 12.1 Å². The number of nitrogens with zero attached hydrogens (tertiary/aromatic N) is 1. The molecule has 160 valence electrons. The summed E-state index contributed by atoms with van der Waals surface area (Å²) in [5, 5.41) is 10.4. The molecule has 0 radical (unpaired) electrons. The second-order valence-electron chi connectivity index (χ2n) is 9.38. The average molecular weight is 411 g/mol. The highest BCUT2D eigenvalue weighted by atomic mass is 19.1. The van der Waals surface area contributed by atoms with Crippen LogP contribution >= 0.6 is 0 Å². The molecule has 0 unspecified atom stereocenters. The van der Waals surface area contributed by atoms with E-state index < -0.39 is 6.10 Å². The molecular weight excluding hydrogens is 379 g/mol. The lowest BCUT2D eigenvalue weighted by atomic mass is 9.72. The number of aliphatic hydroxyl groups is 1. The van der Waals surface area contributed by atoms with Crippen molar-refractivity contribution in [2.75, 3.05) is 19.6 Å². The fourth-order valence-corrected chi connectivity index (χ4v) is 5.82. The SMILES string of the molecule is O=C1c2c([nH]c3c2CCCC3)C[C@@H]2CCN(CCC[C@@H](O)c3ccc(F)cc3)C[C@@H]12. The standard InChI is InChI=1S/C25H31FN2O2/c26-18-9-7-16(8-10-18)23(29)6-3-12-28-13-11-17-14-22-24(25(30)20(17)15-28)19-4-1-2-5-21(19)27-22/h7-10,17,20,23,27,29H,1-6,11-15H2/t17-,20+,23+/m0/s1. The van der Waals surface area contributed by atoms with Gasteiger partial charge in [-0.2, -0.15) is 0 Å². The van der Waals surface area contributed by atoms with Crippen LogP contribution in [0.2, 0.25) is 0 Å². The molecule has 1 aliphatic heterocycles. The Hall–Kier alpha value is -1.98. The van der Waals surface area contributed by atoms with E-state index in [1.54, 1.807) is 12.1 Å². The third-order valence-corrected chi connectivity index (χ3v) is 7.47. The molecule has 30 heavy (non-hydrogen) atoms. The number of aryl methyl sites for hydroxylation is 1. The second kappa shape index (κ2) is 8.27. The quantitative estimate of drug-likeness (QED) is 0.776. The zero-order valence-electron chi connectivity index (χ0n) is 17.5. The Balaban J connectivity index is 1.19. The van der Waals surface area contributed by atoms with Gasteiger partial charge in [-0.25, -0.2) is 4.39 Å². The van der Waals surface area contributed by atoms with Crippen molar-refractivity contribution >= 4 is 5.78 Å². The molecule has 5 rings (SSSR count). The molecule has 1 fully saturated rings. The molecule has 0 spiro atoms. The van der Waals surface area contributed by atoms with E-state index in [-0.39, 0.29) is 11.7 Å². The van der Waals surface area contributed by atoms with E-state index in [2.05, 4.69) is 9.88 Å². The van der Waals surface area contributed by atoms with Gasteiger partial charge in [0.1, 0.15) is 5.82 Å². The van der Waals surface area contributed by atoms with Crippen molar-refractivity contribution < 1.29 is 14.3 Å². The minimum Gasteiger partial charge on any atom is -0.388 e. The van der Waals surface area contributed by atoms with Crippen LogP contribution < -0.4 is 0 Å². The van der Waals surface area contributed by atoms with Crippen molar-refractivity contribution in [3.05, 3.63) is 58.2 Å². The molecule has 0 bridgehead atoms. The number of piperidine rings is 1. The van der Waals surface area contributed by atoms with Crippen LogP contribution in [0.3, 0.4) is 0 Å². The Labute approximate surface area is 177 Å². The fourth-order valence-electron chi connectivity index (χ4n) is 5.82. The van der Waals surface area contributed by atoms with E-state index in [1.165, 1.54) is 41.9 Å². The third-order valence-electron chi connectivity index (χ3n) is 7.47. The van der Waals surface area contributed by atoms with Gasteiger partial charge in [0.2, 0.25) is 0 Å². The smallest absolute Gasteiger partial charge is 0.169 e. The van der Waals surface area contributed by atoms with Gasteiger partial charge in [0.25, 0.3) is 0 Å². The monoisotopic (exact) mass is 410 g/mol. The number of likely N-dealkylation sites (tertiary alicyclic amines) is 1. The number of halogens is 1. The summed E-state index contributed by atoms with van der Waals surface area (Å²) in [6, 6.07) is 6.10. The number of nitrogens with one attached hydrogen (secondary N) is 1. The number of H-pyrrole nitrogens is 1. The average Bonchev–Trinajstić information content (AvgIpc) is 3.13. The van der Waals surface area contributed by atoms with Gasteiger partial charge in [-0.15, -0.1) is 0 Å². The zero-order chi connectivity index (χ0) is 20.7. The molecule has 0 saturated carbocycles. The number of hydrogen-bond acceptors (Lipinski definition) is 3. The summed E-state index contributed by atoms with van der Waals surface area (Å²) in [5.74, 6) is 0.677. The number of rotatable bonds is 5. The normalized spacial score (nSPS) is 24.8. The van der Waals surface area contributed by atoms with E-state index in [4.69, 9.17) is 0 Å². The zero-order valence-corrected chi connectivity index (χ0v) is 17.5. The molecule has 2 N–H and O–H groups in total. The largest absolute Gasteiger partial charge is 0.388 e. The Morgan fingerprint density at radius 2 is 1.97 bits per heavy atom. The van der Waals surface area contributed by atoms with Crippen LogP contribution in [0.4, 0.5) is 4.39 Å². The van der Waals surface area contributed by atoms with Crippen LogP contribution in [0.5, 0.6) is 0 Å². The number of Topliss-reactive ketones (excluding diaryl/α,β-unsaturated/α-hetero) is 1. The Kier molecular flexibility index (Phi) is 5.50. The predicted molar refractivity (Wildman–Crippen MR) is 114 cm³/mol. The molecule has 1 saturated heterocycles. The maximum atomic E-state index is 13.4. The summed E-state index contributed by atoms with van der Waals surface area (Å²) in [7, 11) is 0. The number of aromatic nitrogens is 1. The van der Waals surface area contributed by atoms with Gasteiger partial charge in [0.15, 0.2) is 5.78 Å². The summed E-state index contributed by atoms with van der Waals surface area (Å²) >= 11 is 0. The fraction of sp³-hybridized carbons (Fsp3) is 0.560. The Morgan fingerprint density at radius 1 is 1.17 bits per heavy atom. The molecule has 4 nitrogen and oxygen atoms in total. The third kappa shape index (κ3) is 3.74. The number of carbonyl (C=O) groups is 1. The van der Waals surface area contributed by atoms with Gasteiger partial charge in [-0.05, 0) is 93.6 Å². The highest BCUT2D eigenvalue weighted by molar-refractivity contribution is 6.02. The van der Waals surface area contributed by atoms with Gasteiger partial charge in [0.05, 0.1) is 6.10 Å². The molecular formula is C25H31FN2O2. The van der Waals surface area contributed by atoms with Gasteiger partial charge >= 0.3 is 0 Å². The summed E-state index contributed by atoms with van der Waals surface area (Å²) in [6.45, 7) is 2.76. The second-order valence-corrected chi connectivity index (χ2v) is 9.38. The van der Waals surface area contributed by atoms with Crippen molar-refractivity contribution in [1.29, 1.82) is 0 Å². The van der Waals surface area contributed by atoms with Gasteiger partial charge in [0, 0.05) is 29.4 Å². The molecule has 3 aliphatic rings. The maximum Gasteiger partial charge on any atom is 0.169 e. The molecule has 1 aromatic carbocycles. The van der Waals surface area contributed by atoms with Crippen molar-refractivity contribution in [3.63, 3.8) is 0 Å². The summed E-state index contributed by atoms with van der Waals surface area (Å²) < 4.78 is 13.1. The molecule has 1 aromatic heterocycles. The van der Waals surface area contributed by atoms with Crippen molar-refractivity contribution in [3.8, 4) is 0 Å². The minimum atomic E-state index is -0.562. The first-order valence-electron chi connectivity index (χ1n) is 11.5. The molecule has 5 heteroatoms. The summed E-state index contributed by atoms with van der Waals surface area (Å²) in [4.78, 5) is 19.4. The number of ketones is 1. The van der Waals surface area contributed by atoms with Crippen molar-refractivity contribution in [1.82, 2.24) is 9.88 Å². The van der Waals surface area contributed by atoms with Crippen LogP contribution in [0, 0.1) is 17.7 Å². The van der Waals surface area contributed by atoms with E-state index >= 15 is 0 Å². The van der Waals surface area contributed by atoms with E-state index in [9.17, 15) is 14.3 Å². The summed E-state index contributed by atoms with van der Waals surface area (Å²) in [6.07, 6.45) is 7.62. The molecule has 2 aliphatic carbocycles. The van der Waals surface area contributed by atoms with Crippen LogP contribution in [0.1, 0.15) is 71.1 Å². The Bertz CT molecular complexity index is 920. The molecule has 0 amide bonds. The lowest BCUT2D eigenvalue weighted by Crippen LogP contribution is -2.47. The van der Waals surface area contributed by atoms with Crippen LogP contribution in [-0.4, -0.2) is 40.4 Å². The number of fused-ring (bicyclic) bond motifs is 4. The highest BCUT2D eigenvalue weighted by Gasteiger charge is 2.41. The first-order chi connectivity index (χ1) is 14.6. The van der Waals surface area contributed by atoms with Gasteiger partial charge in [-0.3, -0.25) is 4.79 Å². The van der Waals surface area contributed by atoms with Gasteiger partial charge < -0.3 is 15.0 Å². The first-order valence-corrected chi connectivity index (χ1v) is 11.5. The molecule has 2 heterocycles. The Morgan fingerprint density at radius 3 is 2.80 bits per heavy atom. The highest BCUT2D eigenvalue weighted by Crippen LogP contribution is 2.39. The number of carbonyl (C=O) groups excluding carboxylic acids is 1. The molecule has 3 atom stereocenters. The number of aliphatic hydroxyl groups excluding tert-OH is 1. The topological polar surface area (TPSA) is 56.3 Å². The van der Waals surface area contributed by atoms with Crippen molar-refractivity contribution in [2.24, 2.45) is 11.8 Å². The molecule has 2 aromatic rings.